The highest BCUT2D eigenvalue weighted by molar-refractivity contribution is 7.99. The van der Waals surface area contributed by atoms with Crippen LogP contribution < -0.4 is 5.32 Å². The maximum Gasteiger partial charge on any atom is 0.390 e. The van der Waals surface area contributed by atoms with Crippen LogP contribution in [0.4, 0.5) is 13.2 Å². The van der Waals surface area contributed by atoms with Gasteiger partial charge in [-0.2, -0.15) is 24.9 Å². The summed E-state index contributed by atoms with van der Waals surface area (Å²) in [4.78, 5) is 0. The molecule has 5 heteroatoms. The van der Waals surface area contributed by atoms with Crippen LogP contribution >= 0.6 is 11.8 Å². The Hall–Kier alpha value is -0.680. The van der Waals surface area contributed by atoms with Crippen molar-refractivity contribution in [3.63, 3.8) is 0 Å². The fourth-order valence-corrected chi connectivity index (χ4v) is 1.89. The zero-order chi connectivity index (χ0) is 14.5. The lowest BCUT2D eigenvalue weighted by Crippen LogP contribution is -2.36. The van der Waals surface area contributed by atoms with E-state index in [0.717, 1.165) is 0 Å². The topological polar surface area (TPSA) is 12.0 Å². The summed E-state index contributed by atoms with van der Waals surface area (Å²) in [5.74, 6) is 0. The maximum atomic E-state index is 12.6. The summed E-state index contributed by atoms with van der Waals surface area (Å²) in [6, 6.07) is 8.11. The van der Waals surface area contributed by atoms with Gasteiger partial charge >= 0.3 is 6.18 Å². The predicted molar refractivity (Wildman–Crippen MR) is 75.5 cm³/mol. The molecular formula is C14H20F3NS. The zero-order valence-electron chi connectivity index (χ0n) is 11.4. The molecule has 0 spiro atoms. The van der Waals surface area contributed by atoms with Crippen LogP contribution in [0.15, 0.2) is 30.3 Å². The van der Waals surface area contributed by atoms with Crippen molar-refractivity contribution in [2.75, 3.05) is 12.8 Å². The third-order valence-electron chi connectivity index (χ3n) is 2.96. The second-order valence-electron chi connectivity index (χ2n) is 5.13. The molecule has 1 atom stereocenters. The molecule has 0 aliphatic rings. The average Bonchev–Trinajstić information content (AvgIpc) is 2.34. The number of hydrogen-bond donors (Lipinski definition) is 1. The predicted octanol–water partition coefficient (Wildman–Crippen LogP) is 4.41. The summed E-state index contributed by atoms with van der Waals surface area (Å²) in [6.45, 7) is 4.56. The van der Waals surface area contributed by atoms with E-state index in [1.807, 2.05) is 20.1 Å². The molecule has 1 unspecified atom stereocenters. The Bertz CT molecular complexity index is 376. The van der Waals surface area contributed by atoms with Gasteiger partial charge in [0.2, 0.25) is 0 Å². The molecule has 0 aliphatic heterocycles. The lowest BCUT2D eigenvalue weighted by Gasteiger charge is -2.27. The number of rotatable bonds is 6. The van der Waals surface area contributed by atoms with Gasteiger partial charge in [0, 0.05) is 17.3 Å². The summed E-state index contributed by atoms with van der Waals surface area (Å²) in [6.07, 6.45) is -3.05. The van der Waals surface area contributed by atoms with E-state index in [9.17, 15) is 13.2 Å². The van der Waals surface area contributed by atoms with Crippen molar-refractivity contribution in [1.82, 2.24) is 5.32 Å². The van der Waals surface area contributed by atoms with Gasteiger partial charge in [0.05, 0.1) is 6.42 Å². The Morgan fingerprint density at radius 3 is 2.21 bits per heavy atom. The van der Waals surface area contributed by atoms with Gasteiger partial charge in [-0.15, -0.1) is 0 Å². The van der Waals surface area contributed by atoms with E-state index in [1.54, 1.807) is 42.1 Å². The largest absolute Gasteiger partial charge is 0.390 e. The summed E-state index contributed by atoms with van der Waals surface area (Å²) in [5, 5.41) is 3.04. The third-order valence-corrected chi connectivity index (χ3v) is 4.21. The monoisotopic (exact) mass is 291 g/mol. The molecule has 1 nitrogen and oxygen atoms in total. The molecule has 19 heavy (non-hydrogen) atoms. The first kappa shape index (κ1) is 16.4. The standard InChI is InChI=1S/C14H20F3NS/c1-13(2,19-3)10-18-12(9-14(15,16)17)11-7-5-4-6-8-11/h4-8,12,18H,9-10H2,1-3H3. The molecule has 0 aromatic heterocycles. The summed E-state index contributed by atoms with van der Waals surface area (Å²) in [5.41, 5.74) is 0.678. The first-order valence-electron chi connectivity index (χ1n) is 6.14. The molecule has 1 N–H and O–H groups in total. The maximum absolute atomic E-state index is 12.6. The fraction of sp³-hybridized carbons (Fsp3) is 0.571. The molecule has 0 saturated carbocycles. The highest BCUT2D eigenvalue weighted by Gasteiger charge is 2.33. The van der Waals surface area contributed by atoms with Crippen LogP contribution in [-0.2, 0) is 0 Å². The Kier molecular flexibility index (Phi) is 5.74. The van der Waals surface area contributed by atoms with Crippen molar-refractivity contribution in [3.05, 3.63) is 35.9 Å². The smallest absolute Gasteiger partial charge is 0.308 e. The van der Waals surface area contributed by atoms with Gasteiger partial charge in [-0.05, 0) is 25.7 Å². The first-order chi connectivity index (χ1) is 8.73. The molecule has 0 bridgehead atoms. The van der Waals surface area contributed by atoms with Crippen LogP contribution in [0.2, 0.25) is 0 Å². The third kappa shape index (κ3) is 6.34. The molecule has 0 radical (unpaired) electrons. The zero-order valence-corrected chi connectivity index (χ0v) is 12.2. The van der Waals surface area contributed by atoms with Gasteiger partial charge in [-0.1, -0.05) is 30.3 Å². The van der Waals surface area contributed by atoms with E-state index in [4.69, 9.17) is 0 Å². The summed E-state index contributed by atoms with van der Waals surface area (Å²) < 4.78 is 37.9. The molecule has 0 amide bonds. The Labute approximate surface area is 117 Å². The summed E-state index contributed by atoms with van der Waals surface area (Å²) >= 11 is 1.64. The van der Waals surface area contributed by atoms with Crippen LogP contribution in [0, 0.1) is 0 Å². The molecule has 1 aromatic rings. The second kappa shape index (κ2) is 6.66. The van der Waals surface area contributed by atoms with Gasteiger partial charge in [0.25, 0.3) is 0 Å². The van der Waals surface area contributed by atoms with E-state index >= 15 is 0 Å². The van der Waals surface area contributed by atoms with Crippen molar-refractivity contribution >= 4 is 11.8 Å². The van der Waals surface area contributed by atoms with Crippen LogP contribution in [0.25, 0.3) is 0 Å². The highest BCUT2D eigenvalue weighted by atomic mass is 32.2. The molecule has 108 valence electrons. The van der Waals surface area contributed by atoms with E-state index in [2.05, 4.69) is 5.32 Å². The minimum atomic E-state index is -4.17. The Morgan fingerprint density at radius 1 is 1.16 bits per heavy atom. The van der Waals surface area contributed by atoms with Crippen LogP contribution in [-0.4, -0.2) is 23.7 Å². The number of benzene rings is 1. The first-order valence-corrected chi connectivity index (χ1v) is 7.36. The van der Waals surface area contributed by atoms with Crippen LogP contribution in [0.3, 0.4) is 0 Å². The number of nitrogens with one attached hydrogen (secondary N) is 1. The van der Waals surface area contributed by atoms with E-state index < -0.39 is 18.6 Å². The van der Waals surface area contributed by atoms with Crippen molar-refractivity contribution in [2.24, 2.45) is 0 Å². The van der Waals surface area contributed by atoms with Crippen LogP contribution in [0.1, 0.15) is 31.9 Å². The van der Waals surface area contributed by atoms with Gasteiger partial charge < -0.3 is 5.32 Å². The second-order valence-corrected chi connectivity index (χ2v) is 6.64. The highest BCUT2D eigenvalue weighted by Crippen LogP contribution is 2.30. The Balaban J connectivity index is 2.77. The van der Waals surface area contributed by atoms with Crippen molar-refractivity contribution in [1.29, 1.82) is 0 Å². The summed E-state index contributed by atoms with van der Waals surface area (Å²) in [7, 11) is 0. The lowest BCUT2D eigenvalue weighted by molar-refractivity contribution is -0.140. The van der Waals surface area contributed by atoms with E-state index in [-0.39, 0.29) is 4.75 Å². The number of halogens is 3. The van der Waals surface area contributed by atoms with E-state index in [1.165, 1.54) is 0 Å². The van der Waals surface area contributed by atoms with Gasteiger partial charge in [-0.3, -0.25) is 0 Å². The van der Waals surface area contributed by atoms with Crippen molar-refractivity contribution < 1.29 is 13.2 Å². The normalized spacial score (nSPS) is 14.4. The fourth-order valence-electron chi connectivity index (χ4n) is 1.67. The molecule has 0 heterocycles. The Morgan fingerprint density at radius 2 is 1.74 bits per heavy atom. The lowest BCUT2D eigenvalue weighted by atomic mass is 10.0. The SMILES string of the molecule is CSC(C)(C)CNC(CC(F)(F)F)c1ccccc1. The average molecular weight is 291 g/mol. The minimum Gasteiger partial charge on any atom is -0.308 e. The quantitative estimate of drug-likeness (QED) is 0.833. The molecule has 0 fully saturated rings. The van der Waals surface area contributed by atoms with Crippen LogP contribution in [0.5, 0.6) is 0 Å². The van der Waals surface area contributed by atoms with Crippen molar-refractivity contribution in [2.45, 2.75) is 37.2 Å². The van der Waals surface area contributed by atoms with Crippen molar-refractivity contribution in [3.8, 4) is 0 Å². The molecule has 1 rings (SSSR count). The molecule has 1 aromatic carbocycles. The van der Waals surface area contributed by atoms with Gasteiger partial charge in [-0.25, -0.2) is 0 Å². The van der Waals surface area contributed by atoms with E-state index in [0.29, 0.717) is 12.1 Å². The molecule has 0 saturated heterocycles. The minimum absolute atomic E-state index is 0.0847. The van der Waals surface area contributed by atoms with Gasteiger partial charge in [0.15, 0.2) is 0 Å². The number of alkyl halides is 3. The molecular weight excluding hydrogens is 271 g/mol. The number of hydrogen-bond acceptors (Lipinski definition) is 2. The number of thioether (sulfide) groups is 1. The van der Waals surface area contributed by atoms with Gasteiger partial charge in [0.1, 0.15) is 0 Å². The molecule has 0 aliphatic carbocycles.